The number of nitrogens with zero attached hydrogens (tertiary/aromatic N) is 3. The van der Waals surface area contributed by atoms with Gasteiger partial charge in [0.15, 0.2) is 11.0 Å². The Morgan fingerprint density at radius 1 is 1.26 bits per heavy atom. The molecule has 0 bridgehead atoms. The molecule has 0 saturated carbocycles. The Labute approximate surface area is 187 Å². The van der Waals surface area contributed by atoms with Crippen LogP contribution < -0.4 is 10.1 Å². The third-order valence-electron chi connectivity index (χ3n) is 5.06. The van der Waals surface area contributed by atoms with Crippen LogP contribution in [-0.2, 0) is 11.3 Å². The monoisotopic (exact) mass is 436 g/mol. The highest BCUT2D eigenvalue weighted by molar-refractivity contribution is 7.99. The molecule has 6 nitrogen and oxygen atoms in total. The molecule has 162 valence electrons. The van der Waals surface area contributed by atoms with Crippen molar-refractivity contribution in [3.05, 3.63) is 66.7 Å². The number of anilines is 1. The van der Waals surface area contributed by atoms with E-state index in [9.17, 15) is 4.79 Å². The molecule has 1 N–H and O–H groups in total. The molecule has 1 amide bonds. The number of carbonyl (C=O) groups is 1. The molecule has 0 unspecified atom stereocenters. The van der Waals surface area contributed by atoms with Gasteiger partial charge in [-0.2, -0.15) is 0 Å². The van der Waals surface area contributed by atoms with Gasteiger partial charge in [0.2, 0.25) is 5.91 Å². The maximum Gasteiger partial charge on any atom is 0.234 e. The first kappa shape index (κ1) is 22.6. The van der Waals surface area contributed by atoms with Gasteiger partial charge in [-0.15, -0.1) is 16.8 Å². The molecular formula is C24H28N4O2S. The van der Waals surface area contributed by atoms with Gasteiger partial charge in [-0.3, -0.25) is 9.36 Å². The molecule has 0 spiro atoms. The van der Waals surface area contributed by atoms with E-state index in [1.165, 1.54) is 17.3 Å². The molecule has 2 aromatic carbocycles. The maximum atomic E-state index is 12.5. The summed E-state index contributed by atoms with van der Waals surface area (Å²) in [5, 5.41) is 12.2. The van der Waals surface area contributed by atoms with Gasteiger partial charge in [-0.05, 0) is 42.2 Å². The Kier molecular flexibility index (Phi) is 7.89. The molecule has 1 atom stereocenters. The zero-order chi connectivity index (χ0) is 22.2. The summed E-state index contributed by atoms with van der Waals surface area (Å²) in [5.41, 5.74) is 2.96. The Morgan fingerprint density at radius 3 is 2.71 bits per heavy atom. The van der Waals surface area contributed by atoms with Crippen LogP contribution in [0.25, 0.3) is 11.4 Å². The Balaban J connectivity index is 1.67. The largest absolute Gasteiger partial charge is 0.497 e. The quantitative estimate of drug-likeness (QED) is 0.341. The van der Waals surface area contributed by atoms with Crippen LogP contribution in [0.2, 0.25) is 0 Å². The molecule has 0 aliphatic heterocycles. The Bertz CT molecular complexity index is 1030. The van der Waals surface area contributed by atoms with Crippen LogP contribution in [0.3, 0.4) is 0 Å². The molecule has 0 radical (unpaired) electrons. The summed E-state index contributed by atoms with van der Waals surface area (Å²) in [7, 11) is 1.63. The van der Waals surface area contributed by atoms with E-state index in [1.807, 2.05) is 41.0 Å². The highest BCUT2D eigenvalue weighted by atomic mass is 32.2. The van der Waals surface area contributed by atoms with Crippen molar-refractivity contribution in [2.45, 2.75) is 37.9 Å². The van der Waals surface area contributed by atoms with E-state index in [0.717, 1.165) is 23.4 Å². The fraction of sp³-hybridized carbons (Fsp3) is 0.292. The zero-order valence-electron chi connectivity index (χ0n) is 18.2. The van der Waals surface area contributed by atoms with Gasteiger partial charge in [0, 0.05) is 17.8 Å². The second kappa shape index (κ2) is 10.8. The summed E-state index contributed by atoms with van der Waals surface area (Å²) in [4.78, 5) is 12.5. The predicted octanol–water partition coefficient (Wildman–Crippen LogP) is 5.38. The molecule has 0 saturated heterocycles. The van der Waals surface area contributed by atoms with Gasteiger partial charge < -0.3 is 10.1 Å². The minimum absolute atomic E-state index is 0.0858. The van der Waals surface area contributed by atoms with Crippen LogP contribution in [0.1, 0.15) is 31.7 Å². The van der Waals surface area contributed by atoms with E-state index in [4.69, 9.17) is 4.74 Å². The number of rotatable bonds is 10. The van der Waals surface area contributed by atoms with Gasteiger partial charge in [0.1, 0.15) is 5.75 Å². The molecule has 0 fully saturated rings. The number of allylic oxidation sites excluding steroid dienone is 1. The van der Waals surface area contributed by atoms with E-state index in [0.29, 0.717) is 23.4 Å². The summed E-state index contributed by atoms with van der Waals surface area (Å²) >= 11 is 1.35. The number of aromatic nitrogens is 3. The minimum Gasteiger partial charge on any atom is -0.497 e. The second-order valence-electron chi connectivity index (χ2n) is 7.21. The molecule has 3 aromatic rings. The Morgan fingerprint density at radius 2 is 2.03 bits per heavy atom. The van der Waals surface area contributed by atoms with Crippen molar-refractivity contribution in [2.75, 3.05) is 18.2 Å². The highest BCUT2D eigenvalue weighted by Gasteiger charge is 2.15. The maximum absolute atomic E-state index is 12.5. The van der Waals surface area contributed by atoms with Crippen LogP contribution in [0.4, 0.5) is 5.69 Å². The van der Waals surface area contributed by atoms with Gasteiger partial charge in [0.25, 0.3) is 0 Å². The zero-order valence-corrected chi connectivity index (χ0v) is 19.0. The smallest absolute Gasteiger partial charge is 0.234 e. The molecule has 3 rings (SSSR count). The lowest BCUT2D eigenvalue weighted by molar-refractivity contribution is -0.113. The Hall–Kier alpha value is -3.06. The van der Waals surface area contributed by atoms with Gasteiger partial charge >= 0.3 is 0 Å². The third-order valence-corrected chi connectivity index (χ3v) is 6.03. The highest BCUT2D eigenvalue weighted by Crippen LogP contribution is 2.27. The van der Waals surface area contributed by atoms with E-state index < -0.39 is 0 Å². The van der Waals surface area contributed by atoms with Crippen molar-refractivity contribution >= 4 is 23.4 Å². The average Bonchev–Trinajstić information content (AvgIpc) is 3.20. The topological polar surface area (TPSA) is 69.0 Å². The number of carbonyl (C=O) groups excluding carboxylic acids is 1. The standard InChI is InChI=1S/C24H28N4O2S/c1-5-14-28-23(19-8-7-9-21(15-19)30-4)26-27-24(28)31-16-22(29)25-20-12-10-18(11-13-20)17(3)6-2/h5,7-13,15,17H,1,6,14,16H2,2-4H3,(H,25,29)/t17-/m0/s1. The van der Waals surface area contributed by atoms with Crippen molar-refractivity contribution in [1.29, 1.82) is 0 Å². The van der Waals surface area contributed by atoms with Gasteiger partial charge in [-0.25, -0.2) is 0 Å². The second-order valence-corrected chi connectivity index (χ2v) is 8.15. The van der Waals surface area contributed by atoms with E-state index >= 15 is 0 Å². The summed E-state index contributed by atoms with van der Waals surface area (Å²) in [5.74, 6) is 2.12. The number of benzene rings is 2. The van der Waals surface area contributed by atoms with E-state index in [-0.39, 0.29) is 11.7 Å². The molecule has 1 heterocycles. The lowest BCUT2D eigenvalue weighted by atomic mass is 9.99. The first-order chi connectivity index (χ1) is 15.0. The number of thioether (sulfide) groups is 1. The van der Waals surface area contributed by atoms with Crippen LogP contribution in [-0.4, -0.2) is 33.5 Å². The van der Waals surface area contributed by atoms with Gasteiger partial charge in [0.05, 0.1) is 12.9 Å². The summed E-state index contributed by atoms with van der Waals surface area (Å²) in [6.07, 6.45) is 2.88. The number of hydrogen-bond donors (Lipinski definition) is 1. The molecular weight excluding hydrogens is 408 g/mol. The number of amides is 1. The third kappa shape index (κ3) is 5.76. The number of methoxy groups -OCH3 is 1. The summed E-state index contributed by atoms with van der Waals surface area (Å²) < 4.78 is 7.25. The van der Waals surface area contributed by atoms with Crippen molar-refractivity contribution in [3.63, 3.8) is 0 Å². The molecule has 7 heteroatoms. The fourth-order valence-electron chi connectivity index (χ4n) is 3.12. The van der Waals surface area contributed by atoms with Gasteiger partial charge in [-0.1, -0.05) is 56.0 Å². The average molecular weight is 437 g/mol. The lowest BCUT2D eigenvalue weighted by Crippen LogP contribution is -2.14. The first-order valence-electron chi connectivity index (χ1n) is 10.3. The predicted molar refractivity (Wildman–Crippen MR) is 127 cm³/mol. The van der Waals surface area contributed by atoms with Crippen LogP contribution >= 0.6 is 11.8 Å². The van der Waals surface area contributed by atoms with E-state index in [2.05, 4.69) is 48.1 Å². The molecule has 0 aliphatic carbocycles. The summed E-state index contributed by atoms with van der Waals surface area (Å²) in [6.45, 7) is 8.74. The normalized spacial score (nSPS) is 11.7. The fourth-order valence-corrected chi connectivity index (χ4v) is 3.87. The SMILES string of the molecule is C=CCn1c(SCC(=O)Nc2ccc([C@@H](C)CC)cc2)nnc1-c1cccc(OC)c1. The molecule has 1 aromatic heterocycles. The van der Waals surface area contributed by atoms with Crippen LogP contribution in [0.5, 0.6) is 5.75 Å². The molecule has 0 aliphatic rings. The van der Waals surface area contributed by atoms with E-state index in [1.54, 1.807) is 13.2 Å². The lowest BCUT2D eigenvalue weighted by Gasteiger charge is -2.11. The van der Waals surface area contributed by atoms with Crippen LogP contribution in [0, 0.1) is 0 Å². The summed E-state index contributed by atoms with van der Waals surface area (Å²) in [6, 6.07) is 15.7. The number of nitrogens with one attached hydrogen (secondary N) is 1. The van der Waals surface area contributed by atoms with Crippen molar-refractivity contribution in [2.24, 2.45) is 0 Å². The molecule has 31 heavy (non-hydrogen) atoms. The van der Waals surface area contributed by atoms with Crippen molar-refractivity contribution in [1.82, 2.24) is 14.8 Å². The minimum atomic E-state index is -0.0858. The van der Waals surface area contributed by atoms with Crippen LogP contribution in [0.15, 0.2) is 66.3 Å². The first-order valence-corrected chi connectivity index (χ1v) is 11.2. The van der Waals surface area contributed by atoms with Crippen molar-refractivity contribution < 1.29 is 9.53 Å². The van der Waals surface area contributed by atoms with Crippen molar-refractivity contribution in [3.8, 4) is 17.1 Å². The number of ether oxygens (including phenoxy) is 1. The number of hydrogen-bond acceptors (Lipinski definition) is 5.